The molecule has 0 saturated heterocycles. The molecule has 0 aliphatic carbocycles. The molecule has 0 bridgehead atoms. The van der Waals surface area contributed by atoms with E-state index in [0.29, 0.717) is 0 Å². The average Bonchev–Trinajstić information content (AvgIpc) is 2.07. The molecule has 0 aliphatic heterocycles. The van der Waals surface area contributed by atoms with Gasteiger partial charge in [0.05, 0.1) is 5.02 Å². The van der Waals surface area contributed by atoms with Gasteiger partial charge in [0.25, 0.3) is 0 Å². The highest BCUT2D eigenvalue weighted by atomic mass is 35.5. The van der Waals surface area contributed by atoms with Gasteiger partial charge in [-0.3, -0.25) is 0 Å². The first-order valence-corrected chi connectivity index (χ1v) is 3.99. The quantitative estimate of drug-likeness (QED) is 0.737. The van der Waals surface area contributed by atoms with Gasteiger partial charge in [0.15, 0.2) is 0 Å². The molecule has 0 amide bonds. The molecule has 0 aromatic heterocycles. The molecule has 0 atom stereocenters. The van der Waals surface area contributed by atoms with Crippen LogP contribution in [-0.2, 0) is 0 Å². The second-order valence-corrected chi connectivity index (χ2v) is 2.79. The predicted molar refractivity (Wildman–Crippen MR) is 47.9 cm³/mol. The van der Waals surface area contributed by atoms with Crippen molar-refractivity contribution in [2.75, 3.05) is 0 Å². The number of hydrogen-bond donors (Lipinski definition) is 2. The summed E-state index contributed by atoms with van der Waals surface area (Å²) in [6.45, 7) is -3.00. The van der Waals surface area contributed by atoms with E-state index < -0.39 is 13.7 Å². The van der Waals surface area contributed by atoms with Gasteiger partial charge in [-0.2, -0.15) is 8.78 Å². The number of benzene rings is 1. The summed E-state index contributed by atoms with van der Waals surface area (Å²) in [5, 5.41) is 17.3. The molecule has 0 spiro atoms. The standard InChI is InChI=1S/C7H6BClF2O3/c9-6-4(8(12)13)2-1-3-5(6)14-7(10)11/h1-3,7,12-13H. The normalized spacial score (nSPS) is 10.4. The van der Waals surface area contributed by atoms with Crippen molar-refractivity contribution in [1.29, 1.82) is 0 Å². The first kappa shape index (κ1) is 11.2. The fraction of sp³-hybridized carbons (Fsp3) is 0.143. The van der Waals surface area contributed by atoms with Gasteiger partial charge in [-0.15, -0.1) is 0 Å². The number of alkyl halides is 2. The highest BCUT2D eigenvalue weighted by Crippen LogP contribution is 2.23. The molecule has 0 radical (unpaired) electrons. The van der Waals surface area contributed by atoms with Crippen LogP contribution in [0.15, 0.2) is 18.2 Å². The van der Waals surface area contributed by atoms with Gasteiger partial charge in [0, 0.05) is 5.46 Å². The Bertz CT molecular complexity index is 322. The van der Waals surface area contributed by atoms with Crippen LogP contribution >= 0.6 is 11.6 Å². The molecule has 0 aliphatic rings. The zero-order chi connectivity index (χ0) is 10.7. The van der Waals surface area contributed by atoms with Crippen molar-refractivity contribution in [2.45, 2.75) is 6.61 Å². The van der Waals surface area contributed by atoms with Gasteiger partial charge in [0.1, 0.15) is 5.75 Å². The van der Waals surface area contributed by atoms with E-state index in [-0.39, 0.29) is 16.2 Å². The largest absolute Gasteiger partial charge is 0.490 e. The molecule has 0 unspecified atom stereocenters. The third-order valence-electron chi connectivity index (χ3n) is 1.49. The molecule has 76 valence electrons. The van der Waals surface area contributed by atoms with Gasteiger partial charge < -0.3 is 14.8 Å². The minimum Gasteiger partial charge on any atom is -0.433 e. The maximum atomic E-state index is 11.8. The van der Waals surface area contributed by atoms with E-state index in [1.54, 1.807) is 0 Å². The van der Waals surface area contributed by atoms with Crippen LogP contribution in [0, 0.1) is 0 Å². The molecule has 1 rings (SSSR count). The van der Waals surface area contributed by atoms with Gasteiger partial charge in [0.2, 0.25) is 0 Å². The Morgan fingerprint density at radius 1 is 1.36 bits per heavy atom. The first-order chi connectivity index (χ1) is 6.52. The average molecular weight is 222 g/mol. The van der Waals surface area contributed by atoms with E-state index in [0.717, 1.165) is 0 Å². The number of rotatable bonds is 3. The molecule has 7 heteroatoms. The first-order valence-electron chi connectivity index (χ1n) is 3.61. The molecule has 14 heavy (non-hydrogen) atoms. The summed E-state index contributed by atoms with van der Waals surface area (Å²) < 4.78 is 27.7. The van der Waals surface area contributed by atoms with E-state index >= 15 is 0 Å². The molecule has 0 saturated carbocycles. The van der Waals surface area contributed by atoms with E-state index in [1.165, 1.54) is 18.2 Å². The Morgan fingerprint density at radius 2 is 2.00 bits per heavy atom. The van der Waals surface area contributed by atoms with E-state index in [1.807, 2.05) is 0 Å². The van der Waals surface area contributed by atoms with Crippen LogP contribution in [0.3, 0.4) is 0 Å². The lowest BCUT2D eigenvalue weighted by atomic mass is 9.80. The van der Waals surface area contributed by atoms with Gasteiger partial charge >= 0.3 is 13.7 Å². The topological polar surface area (TPSA) is 49.7 Å². The SMILES string of the molecule is OB(O)c1cccc(OC(F)F)c1Cl. The van der Waals surface area contributed by atoms with Crippen molar-refractivity contribution >= 4 is 24.2 Å². The summed E-state index contributed by atoms with van der Waals surface area (Å²) in [6, 6.07) is 3.84. The van der Waals surface area contributed by atoms with Crippen molar-refractivity contribution in [1.82, 2.24) is 0 Å². The maximum absolute atomic E-state index is 11.8. The van der Waals surface area contributed by atoms with Crippen LogP contribution in [0.5, 0.6) is 5.75 Å². The number of halogens is 3. The van der Waals surface area contributed by atoms with Crippen LogP contribution in [0.4, 0.5) is 8.78 Å². The summed E-state index contributed by atoms with van der Waals surface area (Å²) in [5.74, 6) is -0.285. The fourth-order valence-corrected chi connectivity index (χ4v) is 1.18. The van der Waals surface area contributed by atoms with Gasteiger partial charge in [-0.1, -0.05) is 23.7 Å². The van der Waals surface area contributed by atoms with Gasteiger partial charge in [-0.05, 0) is 6.07 Å². The lowest BCUT2D eigenvalue weighted by Crippen LogP contribution is -2.31. The van der Waals surface area contributed by atoms with E-state index in [9.17, 15) is 8.78 Å². The summed E-state index contributed by atoms with van der Waals surface area (Å²) in [4.78, 5) is 0. The molecule has 2 N–H and O–H groups in total. The highest BCUT2D eigenvalue weighted by molar-refractivity contribution is 6.63. The minimum absolute atomic E-state index is 0.0789. The monoisotopic (exact) mass is 222 g/mol. The van der Waals surface area contributed by atoms with Gasteiger partial charge in [-0.25, -0.2) is 0 Å². The molecule has 3 nitrogen and oxygen atoms in total. The van der Waals surface area contributed by atoms with Crippen molar-refractivity contribution in [3.63, 3.8) is 0 Å². The Morgan fingerprint density at radius 3 is 2.50 bits per heavy atom. The molecular weight excluding hydrogens is 216 g/mol. The summed E-state index contributed by atoms with van der Waals surface area (Å²) >= 11 is 5.57. The van der Waals surface area contributed by atoms with E-state index in [2.05, 4.69) is 4.74 Å². The van der Waals surface area contributed by atoms with Crippen LogP contribution in [0.25, 0.3) is 0 Å². The van der Waals surface area contributed by atoms with Crippen LogP contribution < -0.4 is 10.2 Å². The van der Waals surface area contributed by atoms with Crippen molar-refractivity contribution in [3.05, 3.63) is 23.2 Å². The number of ether oxygens (including phenoxy) is 1. The Balaban J connectivity index is 3.01. The van der Waals surface area contributed by atoms with Crippen molar-refractivity contribution in [2.24, 2.45) is 0 Å². The van der Waals surface area contributed by atoms with Crippen molar-refractivity contribution in [3.8, 4) is 5.75 Å². The number of hydrogen-bond acceptors (Lipinski definition) is 3. The lowest BCUT2D eigenvalue weighted by molar-refractivity contribution is -0.0497. The Labute approximate surface area is 84.0 Å². The molecule has 1 aromatic rings. The molecular formula is C7H6BClF2O3. The Hall–Kier alpha value is -0.845. The predicted octanol–water partition coefficient (Wildman–Crippen LogP) is 0.621. The smallest absolute Gasteiger partial charge is 0.433 e. The summed E-state index contributed by atoms with van der Waals surface area (Å²) in [5.41, 5.74) is -0.0789. The maximum Gasteiger partial charge on any atom is 0.490 e. The lowest BCUT2D eigenvalue weighted by Gasteiger charge is -2.09. The second-order valence-electron chi connectivity index (χ2n) is 2.41. The second kappa shape index (κ2) is 4.59. The fourth-order valence-electron chi connectivity index (χ4n) is 0.914. The van der Waals surface area contributed by atoms with Crippen LogP contribution in [0.2, 0.25) is 5.02 Å². The molecule has 0 fully saturated rings. The highest BCUT2D eigenvalue weighted by Gasteiger charge is 2.19. The third-order valence-corrected chi connectivity index (χ3v) is 1.89. The van der Waals surface area contributed by atoms with Crippen LogP contribution in [-0.4, -0.2) is 23.8 Å². The molecule has 1 aromatic carbocycles. The third kappa shape index (κ3) is 2.57. The van der Waals surface area contributed by atoms with Crippen molar-refractivity contribution < 1.29 is 23.6 Å². The van der Waals surface area contributed by atoms with Crippen LogP contribution in [0.1, 0.15) is 0 Å². The Kier molecular flexibility index (Phi) is 3.68. The zero-order valence-corrected chi connectivity index (χ0v) is 7.58. The summed E-state index contributed by atoms with van der Waals surface area (Å²) in [7, 11) is -1.82. The summed E-state index contributed by atoms with van der Waals surface area (Å²) in [6.07, 6.45) is 0. The van der Waals surface area contributed by atoms with E-state index in [4.69, 9.17) is 21.6 Å². The zero-order valence-electron chi connectivity index (χ0n) is 6.82. The molecule has 0 heterocycles. The minimum atomic E-state index is -3.00.